The van der Waals surface area contributed by atoms with Gasteiger partial charge in [0, 0.05) is 35.5 Å². The zero-order valence-corrected chi connectivity index (χ0v) is 12.2. The second-order valence-electron chi connectivity index (χ2n) is 5.55. The number of phenolic OH excluding ortho intramolecular Hbond substituents is 1. The van der Waals surface area contributed by atoms with Crippen LogP contribution in [0.1, 0.15) is 23.0 Å². The maximum atomic E-state index is 10.2. The summed E-state index contributed by atoms with van der Waals surface area (Å²) < 4.78 is 0. The Labute approximate surface area is 124 Å². The van der Waals surface area contributed by atoms with Gasteiger partial charge in [0.1, 0.15) is 5.75 Å². The second-order valence-corrected chi connectivity index (χ2v) is 5.98. The molecule has 2 aromatic carbocycles. The topological polar surface area (TPSA) is 23.5 Å². The van der Waals surface area contributed by atoms with Crippen molar-refractivity contribution >= 4 is 11.6 Å². The fourth-order valence-corrected chi connectivity index (χ4v) is 3.36. The number of aromatic hydroxyl groups is 1. The number of rotatable bonds is 2. The Hall–Kier alpha value is -1.51. The summed E-state index contributed by atoms with van der Waals surface area (Å²) in [7, 11) is 2.12. The molecule has 1 fully saturated rings. The van der Waals surface area contributed by atoms with Gasteiger partial charge in [0.15, 0.2) is 0 Å². The van der Waals surface area contributed by atoms with Crippen molar-refractivity contribution in [2.24, 2.45) is 0 Å². The van der Waals surface area contributed by atoms with Crippen LogP contribution < -0.4 is 0 Å². The number of hydrogen-bond donors (Lipinski definition) is 1. The minimum absolute atomic E-state index is 0.279. The van der Waals surface area contributed by atoms with E-state index in [4.69, 9.17) is 11.6 Å². The summed E-state index contributed by atoms with van der Waals surface area (Å²) in [5.41, 5.74) is 2.27. The molecule has 2 atom stereocenters. The molecule has 2 aromatic rings. The van der Waals surface area contributed by atoms with Crippen LogP contribution in [0, 0.1) is 0 Å². The Morgan fingerprint density at radius 2 is 1.75 bits per heavy atom. The van der Waals surface area contributed by atoms with Gasteiger partial charge < -0.3 is 10.0 Å². The first kappa shape index (κ1) is 13.5. The van der Waals surface area contributed by atoms with Crippen LogP contribution in [0.3, 0.4) is 0 Å². The van der Waals surface area contributed by atoms with E-state index in [9.17, 15) is 5.11 Å². The fourth-order valence-electron chi connectivity index (χ4n) is 3.18. The molecule has 0 amide bonds. The van der Waals surface area contributed by atoms with Crippen LogP contribution in [0.15, 0.2) is 48.5 Å². The standard InChI is InChI=1S/C17H18ClNO/c1-19-10-15(12-5-3-2-4-6-12)16(11-19)14-9-13(18)7-8-17(14)20/h2-9,15-16,20H,10-11H2,1H3/t15-,16-/m1/s1. The van der Waals surface area contributed by atoms with Gasteiger partial charge >= 0.3 is 0 Å². The lowest BCUT2D eigenvalue weighted by Crippen LogP contribution is -2.13. The van der Waals surface area contributed by atoms with Crippen LogP contribution in [-0.4, -0.2) is 30.1 Å². The van der Waals surface area contributed by atoms with E-state index in [2.05, 4.69) is 36.2 Å². The SMILES string of the molecule is CN1C[C@H](c2ccccc2)[C@@H](c2cc(Cl)ccc2O)C1. The van der Waals surface area contributed by atoms with Gasteiger partial charge in [-0.15, -0.1) is 0 Å². The third kappa shape index (κ3) is 2.54. The molecule has 20 heavy (non-hydrogen) atoms. The van der Waals surface area contributed by atoms with Gasteiger partial charge in [-0.3, -0.25) is 0 Å². The molecule has 0 saturated carbocycles. The van der Waals surface area contributed by atoms with E-state index in [0.717, 1.165) is 18.7 Å². The van der Waals surface area contributed by atoms with Gasteiger partial charge in [0.2, 0.25) is 0 Å². The van der Waals surface area contributed by atoms with Crippen molar-refractivity contribution in [3.05, 3.63) is 64.7 Å². The lowest BCUT2D eigenvalue weighted by molar-refractivity contribution is 0.405. The predicted octanol–water partition coefficient (Wildman–Crippen LogP) is 3.86. The Balaban J connectivity index is 2.00. The molecule has 1 saturated heterocycles. The molecule has 3 heteroatoms. The van der Waals surface area contributed by atoms with Gasteiger partial charge in [-0.2, -0.15) is 0 Å². The number of hydrogen-bond acceptors (Lipinski definition) is 2. The molecule has 0 bridgehead atoms. The quantitative estimate of drug-likeness (QED) is 0.907. The summed E-state index contributed by atoms with van der Waals surface area (Å²) in [6.45, 7) is 1.94. The average molecular weight is 288 g/mol. The fraction of sp³-hybridized carbons (Fsp3) is 0.294. The highest BCUT2D eigenvalue weighted by molar-refractivity contribution is 6.30. The van der Waals surface area contributed by atoms with E-state index in [1.165, 1.54) is 5.56 Å². The van der Waals surface area contributed by atoms with E-state index in [-0.39, 0.29) is 5.92 Å². The van der Waals surface area contributed by atoms with Gasteiger partial charge in [-0.05, 0) is 30.8 Å². The summed E-state index contributed by atoms with van der Waals surface area (Å²) in [5.74, 6) is 1.02. The minimum atomic E-state index is 0.279. The highest BCUT2D eigenvalue weighted by atomic mass is 35.5. The van der Waals surface area contributed by atoms with Crippen molar-refractivity contribution in [2.45, 2.75) is 11.8 Å². The van der Waals surface area contributed by atoms with Crippen molar-refractivity contribution in [3.63, 3.8) is 0 Å². The number of likely N-dealkylation sites (tertiary alicyclic amines) is 1. The van der Waals surface area contributed by atoms with Crippen LogP contribution in [0.5, 0.6) is 5.75 Å². The summed E-state index contributed by atoms with van der Waals surface area (Å²) in [6.07, 6.45) is 0. The zero-order chi connectivity index (χ0) is 14.1. The molecule has 1 aliphatic heterocycles. The largest absolute Gasteiger partial charge is 0.508 e. The number of nitrogens with zero attached hydrogens (tertiary/aromatic N) is 1. The summed E-state index contributed by atoms with van der Waals surface area (Å²) in [5, 5.41) is 10.8. The van der Waals surface area contributed by atoms with Crippen LogP contribution >= 0.6 is 11.6 Å². The van der Waals surface area contributed by atoms with Gasteiger partial charge in [-0.1, -0.05) is 41.9 Å². The molecule has 1 heterocycles. The lowest BCUT2D eigenvalue weighted by atomic mass is 9.84. The molecule has 0 radical (unpaired) electrons. The summed E-state index contributed by atoms with van der Waals surface area (Å²) in [4.78, 5) is 2.31. The van der Waals surface area contributed by atoms with Crippen molar-refractivity contribution in [1.82, 2.24) is 4.90 Å². The number of likely N-dealkylation sites (N-methyl/N-ethyl adjacent to an activating group) is 1. The summed E-state index contributed by atoms with van der Waals surface area (Å²) in [6, 6.07) is 15.8. The number of benzene rings is 2. The van der Waals surface area contributed by atoms with Crippen LogP contribution in [0.2, 0.25) is 5.02 Å². The van der Waals surface area contributed by atoms with Crippen LogP contribution in [-0.2, 0) is 0 Å². The van der Waals surface area contributed by atoms with Crippen LogP contribution in [0.25, 0.3) is 0 Å². The highest BCUT2D eigenvalue weighted by Crippen LogP contribution is 2.42. The number of phenols is 1. The molecule has 104 valence electrons. The first-order valence-corrected chi connectivity index (χ1v) is 7.25. The van der Waals surface area contributed by atoms with Crippen molar-refractivity contribution in [3.8, 4) is 5.75 Å². The normalized spacial score (nSPS) is 23.1. The molecule has 2 nitrogen and oxygen atoms in total. The molecule has 0 unspecified atom stereocenters. The third-order valence-electron chi connectivity index (χ3n) is 4.12. The average Bonchev–Trinajstić information content (AvgIpc) is 2.84. The van der Waals surface area contributed by atoms with Gasteiger partial charge in [0.05, 0.1) is 0 Å². The molecule has 0 aromatic heterocycles. The Morgan fingerprint density at radius 3 is 2.50 bits per heavy atom. The zero-order valence-electron chi connectivity index (χ0n) is 11.5. The maximum absolute atomic E-state index is 10.2. The van der Waals surface area contributed by atoms with E-state index in [0.29, 0.717) is 16.7 Å². The highest BCUT2D eigenvalue weighted by Gasteiger charge is 2.34. The molecule has 0 aliphatic carbocycles. The van der Waals surface area contributed by atoms with Crippen molar-refractivity contribution < 1.29 is 5.11 Å². The maximum Gasteiger partial charge on any atom is 0.119 e. The summed E-state index contributed by atoms with van der Waals surface area (Å²) >= 11 is 6.10. The number of halogens is 1. The Morgan fingerprint density at radius 1 is 1.05 bits per heavy atom. The minimum Gasteiger partial charge on any atom is -0.508 e. The van der Waals surface area contributed by atoms with Crippen molar-refractivity contribution in [1.29, 1.82) is 0 Å². The van der Waals surface area contributed by atoms with E-state index in [1.807, 2.05) is 12.1 Å². The van der Waals surface area contributed by atoms with Gasteiger partial charge in [0.25, 0.3) is 0 Å². The second kappa shape index (κ2) is 5.47. The first-order chi connectivity index (χ1) is 9.65. The Kier molecular flexibility index (Phi) is 3.68. The monoisotopic (exact) mass is 287 g/mol. The molecule has 1 aliphatic rings. The van der Waals surface area contributed by atoms with Gasteiger partial charge in [-0.25, -0.2) is 0 Å². The van der Waals surface area contributed by atoms with Crippen LogP contribution in [0.4, 0.5) is 0 Å². The van der Waals surface area contributed by atoms with E-state index >= 15 is 0 Å². The third-order valence-corrected chi connectivity index (χ3v) is 4.35. The molecular formula is C17H18ClNO. The first-order valence-electron chi connectivity index (χ1n) is 6.87. The van der Waals surface area contributed by atoms with E-state index < -0.39 is 0 Å². The molecular weight excluding hydrogens is 270 g/mol. The van der Waals surface area contributed by atoms with E-state index in [1.54, 1.807) is 12.1 Å². The smallest absolute Gasteiger partial charge is 0.119 e. The molecule has 3 rings (SSSR count). The Bertz CT molecular complexity index is 599. The molecule has 0 spiro atoms. The predicted molar refractivity (Wildman–Crippen MR) is 82.5 cm³/mol. The van der Waals surface area contributed by atoms with Crippen molar-refractivity contribution in [2.75, 3.05) is 20.1 Å². The lowest BCUT2D eigenvalue weighted by Gasteiger charge is -2.20. The molecule has 1 N–H and O–H groups in total.